The van der Waals surface area contributed by atoms with Crippen molar-refractivity contribution in [1.82, 2.24) is 0 Å². The molecule has 4 heteroatoms. The lowest BCUT2D eigenvalue weighted by Crippen LogP contribution is -2.32. The number of anilines is 3. The zero-order valence-electron chi connectivity index (χ0n) is 39.2. The second-order valence-electron chi connectivity index (χ2n) is 17.5. The molecule has 1 nitrogen and oxygen atoms in total. The van der Waals surface area contributed by atoms with Crippen LogP contribution in [0.3, 0.4) is 0 Å². The highest BCUT2D eigenvalue weighted by atomic mass is 32.2. The molecule has 308 valence electrons. The molecule has 3 heterocycles. The molecule has 2 aliphatic carbocycles. The summed E-state index contributed by atoms with van der Waals surface area (Å²) in [6.45, 7) is 0. The van der Waals surface area contributed by atoms with Crippen LogP contribution in [0.25, 0.3) is 42.4 Å². The highest BCUT2D eigenvalue weighted by molar-refractivity contribution is 7.99. The molecule has 10 aromatic carbocycles. The summed E-state index contributed by atoms with van der Waals surface area (Å²) in [6, 6.07) is 73.2. The molecule has 0 atom stereocenters. The van der Waals surface area contributed by atoms with Crippen LogP contribution < -0.4 is 4.90 Å². The van der Waals surface area contributed by atoms with Crippen molar-refractivity contribution in [3.8, 4) is 22.3 Å². The molecule has 0 radical (unpaired) electrons. The molecule has 0 N–H and O–H groups in total. The predicted octanol–water partition coefficient (Wildman–Crippen LogP) is 17.2. The normalized spacial score (nSPS) is 15.6. The molecule has 0 saturated carbocycles. The Labute approximate surface area is 401 Å². The van der Waals surface area contributed by atoms with Crippen LogP contribution in [0.5, 0.6) is 0 Å². The van der Waals surface area contributed by atoms with Gasteiger partial charge in [-0.15, -0.1) is 11.3 Å². The molecule has 0 fully saturated rings. The van der Waals surface area contributed by atoms with Crippen LogP contribution >= 0.6 is 34.9 Å². The number of rotatable bonds is 3. The van der Waals surface area contributed by atoms with Crippen LogP contribution in [0.2, 0.25) is 0 Å². The fourth-order valence-electron chi connectivity index (χ4n) is 12.1. The molecule has 1 aromatic heterocycles. The lowest BCUT2D eigenvalue weighted by Gasteiger charge is -2.41. The maximum absolute atomic E-state index is 9.44. The van der Waals surface area contributed by atoms with Gasteiger partial charge in [-0.2, -0.15) is 0 Å². The summed E-state index contributed by atoms with van der Waals surface area (Å²) in [4.78, 5) is 7.24. The van der Waals surface area contributed by atoms with E-state index in [0.29, 0.717) is 10.1 Å². The first-order valence-corrected chi connectivity index (χ1v) is 24.8. The van der Waals surface area contributed by atoms with E-state index in [-0.39, 0.29) is 24.2 Å². The zero-order valence-corrected chi connectivity index (χ0v) is 37.7. The monoisotopic (exact) mass is 895 g/mol. The molecular weight excluding hydrogens is 855 g/mol. The topological polar surface area (TPSA) is 3.24 Å². The Morgan fingerprint density at radius 3 is 1.29 bits per heavy atom. The number of hydrogen-bond acceptors (Lipinski definition) is 4. The van der Waals surface area contributed by atoms with Crippen molar-refractivity contribution in [2.24, 2.45) is 0 Å². The molecule has 0 saturated heterocycles. The fourth-order valence-corrected chi connectivity index (χ4v) is 15.5. The van der Waals surface area contributed by atoms with Gasteiger partial charge in [-0.25, -0.2) is 0 Å². The second kappa shape index (κ2) is 13.7. The third-order valence-electron chi connectivity index (χ3n) is 14.5. The van der Waals surface area contributed by atoms with E-state index in [1.54, 1.807) is 0 Å². The summed E-state index contributed by atoms with van der Waals surface area (Å²) in [5.74, 6) is 0. The van der Waals surface area contributed by atoms with Crippen molar-refractivity contribution in [3.63, 3.8) is 0 Å². The second-order valence-corrected chi connectivity index (χ2v) is 20.8. The van der Waals surface area contributed by atoms with Crippen LogP contribution in [0.4, 0.5) is 17.1 Å². The number of nitrogens with zero attached hydrogens (tertiary/aromatic N) is 1. The van der Waals surface area contributed by atoms with E-state index in [2.05, 4.69) is 205 Å². The van der Waals surface area contributed by atoms with E-state index in [1.807, 2.05) is 23.5 Å². The van der Waals surface area contributed by atoms with Gasteiger partial charge in [0, 0.05) is 51.1 Å². The molecule has 0 unspecified atom stereocenters. The molecule has 15 rings (SSSR count). The third-order valence-corrected chi connectivity index (χ3v) is 17.9. The van der Waals surface area contributed by atoms with E-state index in [4.69, 9.17) is 4.11 Å². The highest BCUT2D eigenvalue weighted by Gasteiger charge is 2.52. The van der Waals surface area contributed by atoms with Gasteiger partial charge in [0.1, 0.15) is 0 Å². The van der Waals surface area contributed by atoms with Gasteiger partial charge < -0.3 is 4.90 Å². The Morgan fingerprint density at radius 1 is 0.364 bits per heavy atom. The average Bonchev–Trinajstić information content (AvgIpc) is 4.05. The number of fused-ring (bicyclic) bond motifs is 21. The maximum atomic E-state index is 9.44. The van der Waals surface area contributed by atoms with Crippen molar-refractivity contribution in [1.29, 1.82) is 0 Å². The SMILES string of the molecule is [2H]c1c([2H])c([2H])c2c(sc3cccc(N(c4ccc5c(c4)C4(c6ccccc6S5)c5ccccc5-c5ccccc54)c4ccc5c(c4)C4(c6ccccc6S5)c5ccccc5-c5ccccc54)c32)c1[2H]. The number of thiophene rings is 1. The van der Waals surface area contributed by atoms with Gasteiger partial charge in [-0.1, -0.05) is 181 Å². The zero-order chi connectivity index (χ0) is 46.6. The Morgan fingerprint density at radius 2 is 0.788 bits per heavy atom. The first-order valence-electron chi connectivity index (χ1n) is 24.3. The standard InChI is InChI=1S/C62H37NS3/c1-6-21-45-40(16-1)41-17-2-7-22-46(41)61(45)49-25-10-13-29-55(49)65-57-34-32-38(36-51(57)61)63(53-27-15-31-59-60(53)44-20-5-12-28-54(44)64-59)39-33-35-58-52(37-39)62(50-26-11-14-30-56(50)66-58)47-23-8-3-18-42(47)43-19-4-9-24-48(43)62/h1-37H/i5D,12D,20D,28D. The summed E-state index contributed by atoms with van der Waals surface area (Å²) < 4.78 is 37.6. The van der Waals surface area contributed by atoms with Crippen molar-refractivity contribution in [2.75, 3.05) is 4.90 Å². The molecule has 2 aliphatic heterocycles. The Hall–Kier alpha value is -7.08. The highest BCUT2D eigenvalue weighted by Crippen LogP contribution is 2.65. The Bertz CT molecular complexity index is 3830. The maximum Gasteiger partial charge on any atom is 0.0736 e. The first kappa shape index (κ1) is 33.4. The lowest BCUT2D eigenvalue weighted by atomic mass is 9.67. The summed E-state index contributed by atoms with van der Waals surface area (Å²) in [6.07, 6.45) is 0. The van der Waals surface area contributed by atoms with Crippen molar-refractivity contribution >= 4 is 72.1 Å². The van der Waals surface area contributed by atoms with Crippen molar-refractivity contribution in [3.05, 3.63) is 269 Å². The minimum atomic E-state index is -0.607. The van der Waals surface area contributed by atoms with Gasteiger partial charge in [0.2, 0.25) is 0 Å². The number of benzene rings is 10. The smallest absolute Gasteiger partial charge is 0.0736 e. The largest absolute Gasteiger partial charge is 0.310 e. The van der Waals surface area contributed by atoms with Gasteiger partial charge in [0.25, 0.3) is 0 Å². The molecule has 4 aliphatic rings. The van der Waals surface area contributed by atoms with Crippen LogP contribution in [-0.2, 0) is 10.8 Å². The minimum Gasteiger partial charge on any atom is -0.310 e. The average molecular weight is 896 g/mol. The van der Waals surface area contributed by atoms with E-state index in [9.17, 15) is 1.37 Å². The van der Waals surface area contributed by atoms with E-state index in [0.717, 1.165) is 27.1 Å². The van der Waals surface area contributed by atoms with Crippen LogP contribution in [-0.4, -0.2) is 0 Å². The quantitative estimate of drug-likeness (QED) is 0.174. The summed E-state index contributed by atoms with van der Waals surface area (Å²) in [7, 11) is 0. The van der Waals surface area contributed by atoms with Crippen molar-refractivity contribution < 1.29 is 5.48 Å². The molecule has 2 spiro atoms. The summed E-state index contributed by atoms with van der Waals surface area (Å²) >= 11 is 5.08. The van der Waals surface area contributed by atoms with E-state index in [1.165, 1.54) is 97.7 Å². The van der Waals surface area contributed by atoms with Crippen LogP contribution in [0.1, 0.15) is 50.0 Å². The minimum absolute atomic E-state index is 0.00958. The fraction of sp³-hybridized carbons (Fsp3) is 0.0323. The van der Waals surface area contributed by atoms with Crippen molar-refractivity contribution in [2.45, 2.75) is 30.4 Å². The summed E-state index contributed by atoms with van der Waals surface area (Å²) in [5.41, 5.74) is 16.5. The molecular formula is C62H37NS3. The molecule has 66 heavy (non-hydrogen) atoms. The van der Waals surface area contributed by atoms with Gasteiger partial charge in [0.15, 0.2) is 0 Å². The van der Waals surface area contributed by atoms with Gasteiger partial charge >= 0.3 is 0 Å². The van der Waals surface area contributed by atoms with Crippen LogP contribution in [0, 0.1) is 0 Å². The van der Waals surface area contributed by atoms with Gasteiger partial charge in [-0.05, 0) is 133 Å². The van der Waals surface area contributed by atoms with E-state index < -0.39 is 10.8 Å². The van der Waals surface area contributed by atoms with Gasteiger partial charge in [-0.3, -0.25) is 0 Å². The number of hydrogen-bond donors (Lipinski definition) is 0. The van der Waals surface area contributed by atoms with E-state index >= 15 is 0 Å². The Kier molecular flexibility index (Phi) is 6.95. The lowest BCUT2D eigenvalue weighted by molar-refractivity contribution is 0.721. The first-order chi connectivity index (χ1) is 34.4. The molecule has 0 amide bonds. The van der Waals surface area contributed by atoms with Crippen LogP contribution in [0.15, 0.2) is 244 Å². The third kappa shape index (κ3) is 4.73. The molecule has 11 aromatic rings. The Balaban J connectivity index is 1.06. The molecule has 0 bridgehead atoms. The summed E-state index contributed by atoms with van der Waals surface area (Å²) in [5, 5.41) is 1.35. The predicted molar refractivity (Wildman–Crippen MR) is 277 cm³/mol. The van der Waals surface area contributed by atoms with Gasteiger partial charge in [0.05, 0.1) is 22.0 Å².